The Morgan fingerprint density at radius 2 is 1.82 bits per heavy atom. The fourth-order valence-corrected chi connectivity index (χ4v) is 4.01. The summed E-state index contributed by atoms with van der Waals surface area (Å²) in [5.41, 5.74) is 6.81. The number of para-hydroxylation sites is 1. The molecule has 2 aromatic heterocycles. The van der Waals surface area contributed by atoms with Gasteiger partial charge in [0.1, 0.15) is 0 Å². The molecule has 2 amide bonds. The van der Waals surface area contributed by atoms with E-state index >= 15 is 0 Å². The van der Waals surface area contributed by atoms with Crippen molar-refractivity contribution in [3.63, 3.8) is 0 Å². The maximum absolute atomic E-state index is 12.4. The third-order valence-corrected chi connectivity index (χ3v) is 5.78. The van der Waals surface area contributed by atoms with E-state index in [0.29, 0.717) is 28.0 Å². The molecule has 2 N–H and O–H groups in total. The number of thioether (sulfide) groups is 1. The third-order valence-electron chi connectivity index (χ3n) is 4.85. The number of ether oxygens (including phenoxy) is 2. The van der Waals surface area contributed by atoms with Crippen molar-refractivity contribution < 1.29 is 19.1 Å². The first kappa shape index (κ1) is 21.5. The summed E-state index contributed by atoms with van der Waals surface area (Å²) in [6.45, 7) is 0.116. The Bertz CT molecular complexity index is 1330. The summed E-state index contributed by atoms with van der Waals surface area (Å²) in [5.74, 6) is 0.815. The van der Waals surface area contributed by atoms with Crippen LogP contribution in [0.5, 0.6) is 11.5 Å². The molecule has 0 spiro atoms. The Morgan fingerprint density at radius 1 is 0.971 bits per heavy atom. The van der Waals surface area contributed by atoms with Crippen LogP contribution in [-0.4, -0.2) is 44.1 Å². The van der Waals surface area contributed by atoms with Crippen LogP contribution in [0.15, 0.2) is 78.2 Å². The molecule has 170 valence electrons. The molecule has 3 heterocycles. The van der Waals surface area contributed by atoms with Crippen LogP contribution in [0.1, 0.15) is 10.4 Å². The number of fused-ring (bicyclic) bond motifs is 1. The Balaban J connectivity index is 1.25. The highest BCUT2D eigenvalue weighted by Gasteiger charge is 2.19. The molecule has 1 aliphatic heterocycles. The summed E-state index contributed by atoms with van der Waals surface area (Å²) in [7, 11) is 0. The number of rotatable bonds is 6. The van der Waals surface area contributed by atoms with Gasteiger partial charge in [-0.1, -0.05) is 30.0 Å². The van der Waals surface area contributed by atoms with Gasteiger partial charge in [-0.05, 0) is 42.5 Å². The fraction of sp³-hybridized carbons (Fsp3) is 0.0870. The highest BCUT2D eigenvalue weighted by atomic mass is 32.2. The van der Waals surface area contributed by atoms with Crippen molar-refractivity contribution in [2.75, 3.05) is 12.5 Å². The molecular weight excluding hydrogens is 456 g/mol. The molecule has 0 atom stereocenters. The summed E-state index contributed by atoms with van der Waals surface area (Å²) >= 11 is 1.20. The number of amides is 2. The van der Waals surface area contributed by atoms with E-state index in [-0.39, 0.29) is 12.5 Å². The second-order valence-electron chi connectivity index (χ2n) is 7.08. The maximum Gasteiger partial charge on any atom is 0.269 e. The minimum absolute atomic E-state index is 0.0133. The molecule has 1 aliphatic rings. The van der Waals surface area contributed by atoms with Crippen molar-refractivity contribution in [3.05, 3.63) is 78.6 Å². The van der Waals surface area contributed by atoms with E-state index in [4.69, 9.17) is 9.47 Å². The van der Waals surface area contributed by atoms with E-state index in [2.05, 4.69) is 26.0 Å². The number of aromatic nitrogens is 4. The first-order valence-corrected chi connectivity index (χ1v) is 11.2. The third kappa shape index (κ3) is 4.55. The van der Waals surface area contributed by atoms with Crippen LogP contribution in [0.2, 0.25) is 0 Å². The molecular formula is C23H18N6O4S. The maximum atomic E-state index is 12.4. The van der Waals surface area contributed by atoms with Crippen molar-refractivity contribution in [2.45, 2.75) is 5.16 Å². The lowest BCUT2D eigenvalue weighted by Crippen LogP contribution is -2.42. The van der Waals surface area contributed by atoms with Crippen molar-refractivity contribution in [1.82, 2.24) is 30.6 Å². The van der Waals surface area contributed by atoms with Crippen LogP contribution in [0.4, 0.5) is 0 Å². The number of nitrogens with zero attached hydrogens (tertiary/aromatic N) is 4. The molecule has 11 heteroatoms. The molecule has 0 radical (unpaired) electrons. The van der Waals surface area contributed by atoms with Crippen LogP contribution in [0, 0.1) is 0 Å². The lowest BCUT2D eigenvalue weighted by molar-refractivity contribution is -0.119. The van der Waals surface area contributed by atoms with E-state index in [9.17, 15) is 9.59 Å². The van der Waals surface area contributed by atoms with Gasteiger partial charge in [-0.25, -0.2) is 0 Å². The summed E-state index contributed by atoms with van der Waals surface area (Å²) in [4.78, 5) is 28.9. The number of pyridine rings is 1. The summed E-state index contributed by atoms with van der Waals surface area (Å²) in [6, 6.07) is 18.1. The van der Waals surface area contributed by atoms with Gasteiger partial charge in [-0.2, -0.15) is 0 Å². The van der Waals surface area contributed by atoms with Crippen molar-refractivity contribution in [3.8, 4) is 28.6 Å². The second-order valence-corrected chi connectivity index (χ2v) is 8.02. The molecule has 0 saturated carbocycles. The molecule has 0 saturated heterocycles. The van der Waals surface area contributed by atoms with Crippen molar-refractivity contribution >= 4 is 23.6 Å². The summed E-state index contributed by atoms with van der Waals surface area (Å²) in [6.07, 6.45) is 3.39. The SMILES string of the molecule is O=C(CSc1nnc(-c2cccnc2)n1-c1ccccc1)NNC(=O)c1ccc2c(c1)OCO2. The first-order chi connectivity index (χ1) is 16.7. The largest absolute Gasteiger partial charge is 0.454 e. The first-order valence-electron chi connectivity index (χ1n) is 10.2. The monoisotopic (exact) mass is 474 g/mol. The minimum atomic E-state index is -0.469. The Hall–Kier alpha value is -4.38. The van der Waals surface area contributed by atoms with Gasteiger partial charge in [0.25, 0.3) is 5.91 Å². The van der Waals surface area contributed by atoms with Crippen molar-refractivity contribution in [2.24, 2.45) is 0 Å². The number of benzene rings is 2. The molecule has 4 aromatic rings. The van der Waals surface area contributed by atoms with Gasteiger partial charge in [0.15, 0.2) is 22.5 Å². The zero-order valence-electron chi connectivity index (χ0n) is 17.7. The fourth-order valence-electron chi connectivity index (χ4n) is 3.26. The van der Waals surface area contributed by atoms with E-state index in [1.54, 1.807) is 30.6 Å². The highest BCUT2D eigenvalue weighted by molar-refractivity contribution is 7.99. The smallest absolute Gasteiger partial charge is 0.269 e. The van der Waals surface area contributed by atoms with Gasteiger partial charge in [0.05, 0.1) is 5.75 Å². The number of hydrazine groups is 1. The highest BCUT2D eigenvalue weighted by Crippen LogP contribution is 2.32. The average Bonchev–Trinajstić information content (AvgIpc) is 3.53. The van der Waals surface area contributed by atoms with Gasteiger partial charge in [0, 0.05) is 29.2 Å². The molecule has 0 aliphatic carbocycles. The molecule has 0 unspecified atom stereocenters. The second kappa shape index (κ2) is 9.63. The van der Waals surface area contributed by atoms with Gasteiger partial charge in [0.2, 0.25) is 12.7 Å². The lowest BCUT2D eigenvalue weighted by Gasteiger charge is -2.10. The van der Waals surface area contributed by atoms with Crippen LogP contribution < -0.4 is 20.3 Å². The molecule has 34 heavy (non-hydrogen) atoms. The zero-order valence-corrected chi connectivity index (χ0v) is 18.5. The van der Waals surface area contributed by atoms with Gasteiger partial charge >= 0.3 is 0 Å². The normalized spacial score (nSPS) is 11.8. The number of carbonyl (C=O) groups is 2. The van der Waals surface area contributed by atoms with Crippen LogP contribution in [0.25, 0.3) is 17.1 Å². The molecule has 0 fully saturated rings. The molecule has 10 nitrogen and oxygen atoms in total. The lowest BCUT2D eigenvalue weighted by atomic mass is 10.2. The number of hydrogen-bond donors (Lipinski definition) is 2. The van der Waals surface area contributed by atoms with Crippen LogP contribution in [0.3, 0.4) is 0 Å². The van der Waals surface area contributed by atoms with E-state index in [1.807, 2.05) is 47.0 Å². The summed E-state index contributed by atoms with van der Waals surface area (Å²) < 4.78 is 12.4. The van der Waals surface area contributed by atoms with Crippen LogP contribution in [-0.2, 0) is 4.79 Å². The van der Waals surface area contributed by atoms with Crippen LogP contribution >= 0.6 is 11.8 Å². The number of carbonyl (C=O) groups excluding carboxylic acids is 2. The van der Waals surface area contributed by atoms with E-state index in [1.165, 1.54) is 11.8 Å². The predicted octanol–water partition coefficient (Wildman–Crippen LogP) is 2.61. The quantitative estimate of drug-likeness (QED) is 0.323. The Morgan fingerprint density at radius 3 is 2.65 bits per heavy atom. The zero-order chi connectivity index (χ0) is 23.3. The molecule has 2 aromatic carbocycles. The topological polar surface area (TPSA) is 120 Å². The average molecular weight is 475 g/mol. The number of hydrogen-bond acceptors (Lipinski definition) is 8. The van der Waals surface area contributed by atoms with E-state index in [0.717, 1.165) is 11.3 Å². The van der Waals surface area contributed by atoms with E-state index < -0.39 is 11.8 Å². The standard InChI is InChI=1S/C23H18N6O4S/c30-20(25-27-22(31)15-8-9-18-19(11-15)33-14-32-18)13-34-23-28-26-21(16-5-4-10-24-12-16)29(23)17-6-2-1-3-7-17/h1-12H,13-14H2,(H,25,30)(H,27,31). The predicted molar refractivity (Wildman–Crippen MR) is 123 cm³/mol. The minimum Gasteiger partial charge on any atom is -0.454 e. The summed E-state index contributed by atoms with van der Waals surface area (Å²) in [5, 5.41) is 9.11. The van der Waals surface area contributed by atoms with Gasteiger partial charge < -0.3 is 9.47 Å². The number of nitrogens with one attached hydrogen (secondary N) is 2. The Kier molecular flexibility index (Phi) is 6.08. The Labute approximate surface area is 198 Å². The van der Waals surface area contributed by atoms with Gasteiger partial charge in [-0.15, -0.1) is 10.2 Å². The van der Waals surface area contributed by atoms with Gasteiger partial charge in [-0.3, -0.25) is 30.0 Å². The molecule has 5 rings (SSSR count). The van der Waals surface area contributed by atoms with Crippen molar-refractivity contribution in [1.29, 1.82) is 0 Å². The molecule has 0 bridgehead atoms.